The summed E-state index contributed by atoms with van der Waals surface area (Å²) in [5.74, 6) is 1.01. The average molecular weight is 440 g/mol. The Labute approximate surface area is 189 Å². The van der Waals surface area contributed by atoms with Gasteiger partial charge in [-0.25, -0.2) is 4.79 Å². The molecule has 3 aliphatic rings. The maximum atomic E-state index is 12.9. The van der Waals surface area contributed by atoms with E-state index in [1.807, 2.05) is 39.0 Å². The van der Waals surface area contributed by atoms with Gasteiger partial charge in [-0.05, 0) is 45.7 Å². The monoisotopic (exact) mass is 439 g/mol. The van der Waals surface area contributed by atoms with Crippen LogP contribution in [0.15, 0.2) is 24.3 Å². The van der Waals surface area contributed by atoms with Gasteiger partial charge in [0, 0.05) is 57.1 Å². The molecule has 1 fully saturated rings. The smallest absolute Gasteiger partial charge is 0.414 e. The van der Waals surface area contributed by atoms with Gasteiger partial charge in [0.1, 0.15) is 5.60 Å². The fraction of sp³-hybridized carbons (Fsp3) is 0.583. The second-order valence-electron chi connectivity index (χ2n) is 9.74. The van der Waals surface area contributed by atoms with Crippen LogP contribution in [-0.4, -0.2) is 54.3 Å². The molecule has 5 rings (SSSR count). The summed E-state index contributed by atoms with van der Waals surface area (Å²) in [5.41, 5.74) is 3.96. The van der Waals surface area contributed by atoms with Crippen molar-refractivity contribution in [2.45, 2.75) is 58.2 Å². The zero-order valence-electron chi connectivity index (χ0n) is 19.3. The molecule has 0 unspecified atom stereocenters. The lowest BCUT2D eigenvalue weighted by Gasteiger charge is -2.37. The van der Waals surface area contributed by atoms with Crippen LogP contribution >= 0.6 is 0 Å². The summed E-state index contributed by atoms with van der Waals surface area (Å²) >= 11 is 0. The number of para-hydroxylation sites is 2. The number of nitrogens with zero attached hydrogens (tertiary/aromatic N) is 4. The molecule has 172 valence electrons. The summed E-state index contributed by atoms with van der Waals surface area (Å²) in [6.07, 6.45) is 2.69. The molecule has 1 saturated heterocycles. The van der Waals surface area contributed by atoms with Crippen molar-refractivity contribution in [3.8, 4) is 0 Å². The van der Waals surface area contributed by atoms with Crippen molar-refractivity contribution in [1.82, 2.24) is 15.1 Å². The molecule has 0 atom stereocenters. The Kier molecular flexibility index (Phi) is 5.59. The minimum absolute atomic E-state index is 0.305. The third kappa shape index (κ3) is 3.97. The maximum absolute atomic E-state index is 12.9. The number of benzene rings is 1. The summed E-state index contributed by atoms with van der Waals surface area (Å²) in [4.78, 5) is 16.9. The number of amides is 1. The number of rotatable bonds is 2. The van der Waals surface area contributed by atoms with Crippen molar-refractivity contribution in [1.29, 1.82) is 0 Å². The first-order chi connectivity index (χ1) is 15.4. The highest BCUT2D eigenvalue weighted by Gasteiger charge is 2.34. The normalized spacial score (nSPS) is 19.5. The van der Waals surface area contributed by atoms with Gasteiger partial charge in [0.05, 0.1) is 17.4 Å². The first kappa shape index (κ1) is 21.3. The quantitative estimate of drug-likeness (QED) is 0.768. The highest BCUT2D eigenvalue weighted by atomic mass is 16.6. The number of hydrogen-bond acceptors (Lipinski definition) is 6. The van der Waals surface area contributed by atoms with E-state index in [9.17, 15) is 4.79 Å². The zero-order chi connectivity index (χ0) is 22.3. The van der Waals surface area contributed by atoms with E-state index >= 15 is 0 Å². The maximum Gasteiger partial charge on any atom is 0.414 e. The van der Waals surface area contributed by atoms with Gasteiger partial charge in [-0.1, -0.05) is 12.1 Å². The minimum atomic E-state index is -0.531. The molecular weight excluding hydrogens is 406 g/mol. The van der Waals surface area contributed by atoms with Crippen LogP contribution in [0.1, 0.15) is 50.9 Å². The molecule has 1 N–H and O–H groups in total. The lowest BCUT2D eigenvalue weighted by atomic mass is 10.0. The van der Waals surface area contributed by atoms with Crippen molar-refractivity contribution in [2.24, 2.45) is 0 Å². The summed E-state index contributed by atoms with van der Waals surface area (Å²) < 4.78 is 13.5. The number of nitrogens with one attached hydrogen (secondary N) is 1. The molecule has 2 aromatic rings. The van der Waals surface area contributed by atoms with E-state index in [0.29, 0.717) is 19.1 Å². The SMILES string of the molecule is CC(C)(C)OC(=O)N1CCN(c2nn(C3CCOCC3)c3c2CNCC3)c2ccccc21. The highest BCUT2D eigenvalue weighted by Crippen LogP contribution is 2.41. The standard InChI is InChI=1S/C24H33N5O3/c1-24(2,3)32-23(30)28-13-12-27(20-6-4-5-7-21(20)28)22-18-16-25-11-8-19(18)29(26-22)17-9-14-31-15-10-17/h4-7,17,25H,8-16H2,1-3H3. The number of ether oxygens (including phenoxy) is 2. The molecule has 1 aromatic carbocycles. The number of carbonyl (C=O) groups excluding carboxylic acids is 1. The van der Waals surface area contributed by atoms with Crippen LogP contribution in [0.25, 0.3) is 0 Å². The Balaban J connectivity index is 1.52. The molecule has 0 spiro atoms. The molecule has 8 nitrogen and oxygen atoms in total. The van der Waals surface area contributed by atoms with E-state index in [1.165, 1.54) is 11.3 Å². The molecule has 0 aliphatic carbocycles. The molecule has 0 radical (unpaired) electrons. The molecular formula is C24H33N5O3. The Morgan fingerprint density at radius 3 is 2.66 bits per heavy atom. The molecule has 4 heterocycles. The van der Waals surface area contributed by atoms with Crippen LogP contribution in [0.3, 0.4) is 0 Å². The van der Waals surface area contributed by atoms with Gasteiger partial charge in [-0.15, -0.1) is 0 Å². The second-order valence-corrected chi connectivity index (χ2v) is 9.74. The van der Waals surface area contributed by atoms with E-state index in [1.54, 1.807) is 4.90 Å². The minimum Gasteiger partial charge on any atom is -0.443 e. The predicted molar refractivity (Wildman–Crippen MR) is 124 cm³/mol. The largest absolute Gasteiger partial charge is 0.443 e. The van der Waals surface area contributed by atoms with Crippen LogP contribution in [-0.2, 0) is 22.4 Å². The number of hydrogen-bond donors (Lipinski definition) is 1. The van der Waals surface area contributed by atoms with Gasteiger partial charge in [-0.2, -0.15) is 5.10 Å². The second kappa shape index (κ2) is 8.41. The summed E-state index contributed by atoms with van der Waals surface area (Å²) in [7, 11) is 0. The summed E-state index contributed by atoms with van der Waals surface area (Å²) in [6.45, 7) is 10.3. The Hall–Kier alpha value is -2.58. The van der Waals surface area contributed by atoms with Crippen molar-refractivity contribution in [3.05, 3.63) is 35.5 Å². The molecule has 8 heteroatoms. The van der Waals surface area contributed by atoms with Crippen molar-refractivity contribution < 1.29 is 14.3 Å². The molecule has 3 aliphatic heterocycles. The average Bonchev–Trinajstić information content (AvgIpc) is 3.17. The number of fused-ring (bicyclic) bond motifs is 2. The fourth-order valence-corrected chi connectivity index (χ4v) is 4.89. The lowest BCUT2D eigenvalue weighted by molar-refractivity contribution is 0.0580. The Morgan fingerprint density at radius 2 is 1.91 bits per heavy atom. The Morgan fingerprint density at radius 1 is 1.16 bits per heavy atom. The lowest BCUT2D eigenvalue weighted by Crippen LogP contribution is -2.45. The van der Waals surface area contributed by atoms with E-state index in [4.69, 9.17) is 14.6 Å². The van der Waals surface area contributed by atoms with Crippen molar-refractivity contribution in [3.63, 3.8) is 0 Å². The van der Waals surface area contributed by atoms with Gasteiger partial charge in [-0.3, -0.25) is 9.58 Å². The zero-order valence-corrected chi connectivity index (χ0v) is 19.3. The van der Waals surface area contributed by atoms with E-state index in [0.717, 1.165) is 62.8 Å². The fourth-order valence-electron chi connectivity index (χ4n) is 4.89. The molecule has 1 amide bonds. The van der Waals surface area contributed by atoms with E-state index < -0.39 is 5.60 Å². The van der Waals surface area contributed by atoms with Crippen LogP contribution in [0.2, 0.25) is 0 Å². The van der Waals surface area contributed by atoms with Crippen LogP contribution in [0.5, 0.6) is 0 Å². The Bertz CT molecular complexity index is 990. The number of aromatic nitrogens is 2. The third-order valence-electron chi connectivity index (χ3n) is 6.35. The molecule has 1 aromatic heterocycles. The van der Waals surface area contributed by atoms with E-state index in [2.05, 4.69) is 21.0 Å². The molecule has 32 heavy (non-hydrogen) atoms. The van der Waals surface area contributed by atoms with Crippen molar-refractivity contribution >= 4 is 23.3 Å². The van der Waals surface area contributed by atoms with Gasteiger partial charge >= 0.3 is 6.09 Å². The number of anilines is 3. The van der Waals surface area contributed by atoms with Crippen LogP contribution < -0.4 is 15.1 Å². The predicted octanol–water partition coefficient (Wildman–Crippen LogP) is 3.77. The summed E-state index contributed by atoms with van der Waals surface area (Å²) in [6, 6.07) is 8.44. The topological polar surface area (TPSA) is 71.9 Å². The summed E-state index contributed by atoms with van der Waals surface area (Å²) in [5, 5.41) is 8.70. The van der Waals surface area contributed by atoms with Crippen molar-refractivity contribution in [2.75, 3.05) is 42.6 Å². The third-order valence-corrected chi connectivity index (χ3v) is 6.35. The molecule has 0 saturated carbocycles. The van der Waals surface area contributed by atoms with Gasteiger partial charge < -0.3 is 19.7 Å². The van der Waals surface area contributed by atoms with Gasteiger partial charge in [0.15, 0.2) is 5.82 Å². The first-order valence-corrected chi connectivity index (χ1v) is 11.7. The number of carbonyl (C=O) groups is 1. The first-order valence-electron chi connectivity index (χ1n) is 11.7. The van der Waals surface area contributed by atoms with Gasteiger partial charge in [0.25, 0.3) is 0 Å². The molecule has 0 bridgehead atoms. The highest BCUT2D eigenvalue weighted by molar-refractivity contribution is 5.95. The van der Waals surface area contributed by atoms with Crippen LogP contribution in [0, 0.1) is 0 Å². The van der Waals surface area contributed by atoms with E-state index in [-0.39, 0.29) is 6.09 Å². The van der Waals surface area contributed by atoms with Gasteiger partial charge in [0.2, 0.25) is 0 Å². The van der Waals surface area contributed by atoms with Crippen LogP contribution in [0.4, 0.5) is 22.0 Å².